The number of aliphatic hydroxyl groups is 1. The van der Waals surface area contributed by atoms with Crippen molar-refractivity contribution in [2.75, 3.05) is 12.3 Å². The average molecular weight is 194 g/mol. The summed E-state index contributed by atoms with van der Waals surface area (Å²) in [5.41, 5.74) is 9.73. The van der Waals surface area contributed by atoms with E-state index in [1.165, 1.54) is 0 Å². The quantitative estimate of drug-likeness (QED) is 0.760. The van der Waals surface area contributed by atoms with Crippen molar-refractivity contribution in [2.24, 2.45) is 0 Å². The van der Waals surface area contributed by atoms with Crippen LogP contribution in [0.5, 0.6) is 0 Å². The number of aromatic nitrogens is 1. The van der Waals surface area contributed by atoms with Gasteiger partial charge in [-0.25, -0.2) is 0 Å². The standard InChI is InChI=1S/C11H18N2O/c1-3-8-7-10(12)9(5-6-14)11(4-2)13-8/h7,14H,3-6H2,1-2H3,(H2,12,13). The summed E-state index contributed by atoms with van der Waals surface area (Å²) in [4.78, 5) is 4.50. The fraction of sp³-hybridized carbons (Fsp3) is 0.545. The van der Waals surface area contributed by atoms with E-state index in [0.29, 0.717) is 6.42 Å². The van der Waals surface area contributed by atoms with E-state index in [1.807, 2.05) is 6.07 Å². The highest BCUT2D eigenvalue weighted by Gasteiger charge is 2.07. The molecule has 0 spiro atoms. The van der Waals surface area contributed by atoms with E-state index in [1.54, 1.807) is 0 Å². The zero-order chi connectivity index (χ0) is 10.6. The summed E-state index contributed by atoms with van der Waals surface area (Å²) in [6, 6.07) is 1.91. The van der Waals surface area contributed by atoms with E-state index < -0.39 is 0 Å². The highest BCUT2D eigenvalue weighted by molar-refractivity contribution is 5.50. The van der Waals surface area contributed by atoms with Gasteiger partial charge in [0.1, 0.15) is 0 Å². The van der Waals surface area contributed by atoms with Gasteiger partial charge < -0.3 is 10.8 Å². The maximum Gasteiger partial charge on any atom is 0.0472 e. The second kappa shape index (κ2) is 4.96. The molecule has 1 rings (SSSR count). The zero-order valence-corrected chi connectivity index (χ0v) is 8.88. The molecule has 0 radical (unpaired) electrons. The van der Waals surface area contributed by atoms with Crippen LogP contribution < -0.4 is 5.73 Å². The third-order valence-electron chi connectivity index (χ3n) is 2.36. The molecule has 0 fully saturated rings. The minimum atomic E-state index is 0.129. The van der Waals surface area contributed by atoms with Crippen LogP contribution in [0.3, 0.4) is 0 Å². The van der Waals surface area contributed by atoms with E-state index in [-0.39, 0.29) is 6.61 Å². The van der Waals surface area contributed by atoms with E-state index in [2.05, 4.69) is 18.8 Å². The molecule has 0 aliphatic rings. The number of anilines is 1. The van der Waals surface area contributed by atoms with Crippen molar-refractivity contribution in [3.05, 3.63) is 23.0 Å². The number of nitrogens with two attached hydrogens (primary N) is 1. The van der Waals surface area contributed by atoms with Gasteiger partial charge in [-0.3, -0.25) is 4.98 Å². The van der Waals surface area contributed by atoms with Gasteiger partial charge >= 0.3 is 0 Å². The molecule has 1 heterocycles. The summed E-state index contributed by atoms with van der Waals surface area (Å²) in [5, 5.41) is 8.91. The van der Waals surface area contributed by atoms with Gasteiger partial charge in [0, 0.05) is 23.7 Å². The Hall–Kier alpha value is -1.09. The van der Waals surface area contributed by atoms with Crippen molar-refractivity contribution in [1.82, 2.24) is 4.98 Å². The molecule has 3 nitrogen and oxygen atoms in total. The van der Waals surface area contributed by atoms with Gasteiger partial charge in [-0.2, -0.15) is 0 Å². The van der Waals surface area contributed by atoms with Crippen LogP contribution in [0.15, 0.2) is 6.07 Å². The Morgan fingerprint density at radius 2 is 2.07 bits per heavy atom. The highest BCUT2D eigenvalue weighted by atomic mass is 16.2. The molecule has 1 aromatic rings. The maximum absolute atomic E-state index is 8.91. The number of nitrogen functional groups attached to an aromatic ring is 1. The maximum atomic E-state index is 8.91. The smallest absolute Gasteiger partial charge is 0.0472 e. The van der Waals surface area contributed by atoms with Gasteiger partial charge in [0.05, 0.1) is 0 Å². The number of hydrogen-bond donors (Lipinski definition) is 2. The van der Waals surface area contributed by atoms with Gasteiger partial charge in [-0.1, -0.05) is 13.8 Å². The van der Waals surface area contributed by atoms with Crippen LogP contribution >= 0.6 is 0 Å². The first-order valence-electron chi connectivity index (χ1n) is 5.10. The van der Waals surface area contributed by atoms with Gasteiger partial charge in [0.2, 0.25) is 0 Å². The molecular weight excluding hydrogens is 176 g/mol. The average Bonchev–Trinajstić information content (AvgIpc) is 2.20. The lowest BCUT2D eigenvalue weighted by Crippen LogP contribution is -2.06. The predicted octanol–water partition coefficient (Wildman–Crippen LogP) is 1.32. The number of aliphatic hydroxyl groups excluding tert-OH is 1. The van der Waals surface area contributed by atoms with Crippen LogP contribution in [0, 0.1) is 0 Å². The first kappa shape index (κ1) is 11.0. The number of aryl methyl sites for hydroxylation is 2. The molecular formula is C11H18N2O. The lowest BCUT2D eigenvalue weighted by atomic mass is 10.0. The molecule has 0 atom stereocenters. The fourth-order valence-electron chi connectivity index (χ4n) is 1.58. The van der Waals surface area contributed by atoms with E-state index in [4.69, 9.17) is 10.8 Å². The van der Waals surface area contributed by atoms with Gasteiger partial charge in [-0.05, 0) is 30.9 Å². The van der Waals surface area contributed by atoms with Crippen molar-refractivity contribution in [3.8, 4) is 0 Å². The third-order valence-corrected chi connectivity index (χ3v) is 2.36. The van der Waals surface area contributed by atoms with E-state index >= 15 is 0 Å². The van der Waals surface area contributed by atoms with Crippen LogP contribution in [0.25, 0.3) is 0 Å². The first-order valence-corrected chi connectivity index (χ1v) is 5.10. The number of rotatable bonds is 4. The highest BCUT2D eigenvalue weighted by Crippen LogP contribution is 2.18. The molecule has 1 aromatic heterocycles. The van der Waals surface area contributed by atoms with Crippen LogP contribution in [-0.2, 0) is 19.3 Å². The molecule has 0 saturated heterocycles. The van der Waals surface area contributed by atoms with Gasteiger partial charge in [0.15, 0.2) is 0 Å². The molecule has 0 aliphatic heterocycles. The summed E-state index contributed by atoms with van der Waals surface area (Å²) in [7, 11) is 0. The molecule has 0 amide bonds. The fourth-order valence-corrected chi connectivity index (χ4v) is 1.58. The van der Waals surface area contributed by atoms with Gasteiger partial charge in [-0.15, -0.1) is 0 Å². The molecule has 0 aliphatic carbocycles. The molecule has 78 valence electrons. The molecule has 0 unspecified atom stereocenters. The second-order valence-corrected chi connectivity index (χ2v) is 3.31. The van der Waals surface area contributed by atoms with Crippen LogP contribution in [0.4, 0.5) is 5.69 Å². The Balaban J connectivity index is 3.13. The normalized spacial score (nSPS) is 10.5. The minimum absolute atomic E-state index is 0.129. The summed E-state index contributed by atoms with van der Waals surface area (Å²) in [5.74, 6) is 0. The Labute approximate surface area is 85.0 Å². The van der Waals surface area contributed by atoms with Gasteiger partial charge in [0.25, 0.3) is 0 Å². The first-order chi connectivity index (χ1) is 6.72. The third kappa shape index (κ3) is 2.23. The van der Waals surface area contributed by atoms with Crippen LogP contribution in [0.1, 0.15) is 30.8 Å². The lowest BCUT2D eigenvalue weighted by molar-refractivity contribution is 0.299. The molecule has 0 saturated carbocycles. The van der Waals surface area contributed by atoms with Crippen molar-refractivity contribution in [3.63, 3.8) is 0 Å². The lowest BCUT2D eigenvalue weighted by Gasteiger charge is -2.11. The number of nitrogens with zero attached hydrogens (tertiary/aromatic N) is 1. The summed E-state index contributed by atoms with van der Waals surface area (Å²) >= 11 is 0. The minimum Gasteiger partial charge on any atom is -0.398 e. The summed E-state index contributed by atoms with van der Waals surface area (Å²) in [6.07, 6.45) is 2.37. The SMILES string of the molecule is CCc1cc(N)c(CCO)c(CC)n1. The summed E-state index contributed by atoms with van der Waals surface area (Å²) < 4.78 is 0. The Morgan fingerprint density at radius 1 is 1.36 bits per heavy atom. The van der Waals surface area contributed by atoms with Crippen molar-refractivity contribution >= 4 is 5.69 Å². The Bertz CT molecular complexity index is 310. The Morgan fingerprint density at radius 3 is 2.57 bits per heavy atom. The molecule has 3 heteroatoms. The van der Waals surface area contributed by atoms with Crippen molar-refractivity contribution < 1.29 is 5.11 Å². The zero-order valence-electron chi connectivity index (χ0n) is 8.88. The largest absolute Gasteiger partial charge is 0.398 e. The molecule has 14 heavy (non-hydrogen) atoms. The second-order valence-electron chi connectivity index (χ2n) is 3.31. The number of pyridine rings is 1. The van der Waals surface area contributed by atoms with E-state index in [0.717, 1.165) is 35.5 Å². The predicted molar refractivity (Wildman–Crippen MR) is 58.2 cm³/mol. The van der Waals surface area contributed by atoms with E-state index in [9.17, 15) is 0 Å². The Kier molecular flexibility index (Phi) is 3.89. The summed E-state index contributed by atoms with van der Waals surface area (Å²) in [6.45, 7) is 4.25. The van der Waals surface area contributed by atoms with Crippen LogP contribution in [-0.4, -0.2) is 16.7 Å². The molecule has 0 aromatic carbocycles. The topological polar surface area (TPSA) is 59.1 Å². The number of hydrogen-bond acceptors (Lipinski definition) is 3. The van der Waals surface area contributed by atoms with Crippen molar-refractivity contribution in [2.45, 2.75) is 33.1 Å². The van der Waals surface area contributed by atoms with Crippen molar-refractivity contribution in [1.29, 1.82) is 0 Å². The monoisotopic (exact) mass is 194 g/mol. The van der Waals surface area contributed by atoms with Crippen LogP contribution in [0.2, 0.25) is 0 Å². The molecule has 0 bridgehead atoms. The molecule has 3 N–H and O–H groups in total.